The highest BCUT2D eigenvalue weighted by atomic mass is 35.5. The van der Waals surface area contributed by atoms with E-state index >= 15 is 0 Å². The summed E-state index contributed by atoms with van der Waals surface area (Å²) in [5, 5.41) is 10.2. The van der Waals surface area contributed by atoms with E-state index in [0.29, 0.717) is 16.6 Å². The second kappa shape index (κ2) is 6.11. The molecule has 1 fully saturated rings. The molecule has 0 aromatic heterocycles. The first-order chi connectivity index (χ1) is 7.99. The number of hydrogen-bond acceptors (Lipinski definition) is 2. The fourth-order valence-corrected chi connectivity index (χ4v) is 2.64. The molecule has 2 atom stereocenters. The molecule has 6 heteroatoms. The summed E-state index contributed by atoms with van der Waals surface area (Å²) in [6.07, 6.45) is 0. The standard InChI is InChI=1S/C12H13Cl2NO2.ClH/c1-15-5-8(9(6-15)12(16)17)7-2-3-10(13)11(14)4-7;/h2-4,8-9H,5-6H2,1H3,(H,16,17);1H/t8-,9+;/m1./s1. The SMILES string of the molecule is CN1C[C@H](C(=O)O)[C@@H](c2ccc(Cl)c(Cl)c2)C1.Cl. The van der Waals surface area contributed by atoms with Crippen molar-refractivity contribution in [2.45, 2.75) is 5.92 Å². The minimum Gasteiger partial charge on any atom is -0.481 e. The van der Waals surface area contributed by atoms with Gasteiger partial charge in [0.2, 0.25) is 0 Å². The minimum atomic E-state index is -0.759. The molecule has 0 unspecified atom stereocenters. The Morgan fingerprint density at radius 2 is 2.00 bits per heavy atom. The van der Waals surface area contributed by atoms with E-state index in [9.17, 15) is 9.90 Å². The Bertz CT molecular complexity index is 453. The van der Waals surface area contributed by atoms with Crippen LogP contribution in [0.2, 0.25) is 10.0 Å². The quantitative estimate of drug-likeness (QED) is 0.912. The van der Waals surface area contributed by atoms with Crippen LogP contribution in [0.25, 0.3) is 0 Å². The maximum absolute atomic E-state index is 11.2. The molecule has 3 nitrogen and oxygen atoms in total. The topological polar surface area (TPSA) is 40.5 Å². The van der Waals surface area contributed by atoms with E-state index in [4.69, 9.17) is 23.2 Å². The van der Waals surface area contributed by atoms with Crippen molar-refractivity contribution < 1.29 is 9.90 Å². The van der Waals surface area contributed by atoms with Gasteiger partial charge >= 0.3 is 5.97 Å². The highest BCUT2D eigenvalue weighted by molar-refractivity contribution is 6.42. The molecule has 1 aliphatic rings. The van der Waals surface area contributed by atoms with Gasteiger partial charge in [-0.1, -0.05) is 29.3 Å². The number of benzene rings is 1. The van der Waals surface area contributed by atoms with Crippen LogP contribution in [-0.4, -0.2) is 36.1 Å². The summed E-state index contributed by atoms with van der Waals surface area (Å²) >= 11 is 11.8. The fraction of sp³-hybridized carbons (Fsp3) is 0.417. The Kier molecular flexibility index (Phi) is 5.29. The first kappa shape index (κ1) is 15.6. The van der Waals surface area contributed by atoms with Gasteiger partial charge in [0.1, 0.15) is 0 Å². The Balaban J connectivity index is 0.00000162. The summed E-state index contributed by atoms with van der Waals surface area (Å²) in [4.78, 5) is 13.2. The Morgan fingerprint density at radius 1 is 1.33 bits per heavy atom. The zero-order valence-corrected chi connectivity index (χ0v) is 12.1. The van der Waals surface area contributed by atoms with Gasteiger partial charge in [-0.05, 0) is 24.7 Å². The molecule has 18 heavy (non-hydrogen) atoms. The summed E-state index contributed by atoms with van der Waals surface area (Å²) in [5.41, 5.74) is 0.941. The van der Waals surface area contributed by atoms with Crippen molar-refractivity contribution in [2.24, 2.45) is 5.92 Å². The van der Waals surface area contributed by atoms with Crippen LogP contribution in [0.15, 0.2) is 18.2 Å². The molecule has 0 spiro atoms. The molecule has 0 bridgehead atoms. The number of carboxylic acids is 1. The Morgan fingerprint density at radius 3 is 2.56 bits per heavy atom. The van der Waals surface area contributed by atoms with E-state index in [1.165, 1.54) is 0 Å². The molecular formula is C12H14Cl3NO2. The fourth-order valence-electron chi connectivity index (χ4n) is 2.33. The maximum Gasteiger partial charge on any atom is 0.308 e. The number of halogens is 3. The average Bonchev–Trinajstić information content (AvgIpc) is 2.64. The second-order valence-electron chi connectivity index (χ2n) is 4.45. The van der Waals surface area contributed by atoms with Crippen LogP contribution in [0.4, 0.5) is 0 Å². The normalized spacial score (nSPS) is 23.7. The number of carbonyl (C=O) groups is 1. The van der Waals surface area contributed by atoms with Crippen LogP contribution in [0.1, 0.15) is 11.5 Å². The van der Waals surface area contributed by atoms with Gasteiger partial charge < -0.3 is 10.0 Å². The van der Waals surface area contributed by atoms with E-state index in [2.05, 4.69) is 0 Å². The van der Waals surface area contributed by atoms with Gasteiger partial charge in [-0.25, -0.2) is 0 Å². The third kappa shape index (κ3) is 3.09. The molecule has 1 heterocycles. The van der Waals surface area contributed by atoms with Gasteiger partial charge in [0.05, 0.1) is 16.0 Å². The van der Waals surface area contributed by atoms with E-state index < -0.39 is 5.97 Å². The van der Waals surface area contributed by atoms with Gasteiger partial charge in [0.15, 0.2) is 0 Å². The Labute approximate surface area is 122 Å². The van der Waals surface area contributed by atoms with E-state index in [1.807, 2.05) is 18.0 Å². The second-order valence-corrected chi connectivity index (χ2v) is 5.26. The molecule has 1 aromatic carbocycles. The highest BCUT2D eigenvalue weighted by Crippen LogP contribution is 2.35. The van der Waals surface area contributed by atoms with Crippen molar-refractivity contribution in [1.82, 2.24) is 4.90 Å². The molecule has 0 aliphatic carbocycles. The first-order valence-corrected chi connectivity index (χ1v) is 6.11. The van der Waals surface area contributed by atoms with Crippen molar-refractivity contribution in [3.8, 4) is 0 Å². The van der Waals surface area contributed by atoms with Crippen molar-refractivity contribution in [1.29, 1.82) is 0 Å². The lowest BCUT2D eigenvalue weighted by atomic mass is 9.89. The third-order valence-electron chi connectivity index (χ3n) is 3.19. The average molecular weight is 311 g/mol. The zero-order valence-electron chi connectivity index (χ0n) is 9.77. The van der Waals surface area contributed by atoms with Crippen molar-refractivity contribution >= 4 is 41.6 Å². The van der Waals surface area contributed by atoms with Gasteiger partial charge in [0, 0.05) is 19.0 Å². The largest absolute Gasteiger partial charge is 0.481 e. The first-order valence-electron chi connectivity index (χ1n) is 5.35. The monoisotopic (exact) mass is 309 g/mol. The van der Waals surface area contributed by atoms with Gasteiger partial charge in [-0.15, -0.1) is 12.4 Å². The number of likely N-dealkylation sites (tertiary alicyclic amines) is 1. The smallest absolute Gasteiger partial charge is 0.308 e. The summed E-state index contributed by atoms with van der Waals surface area (Å²) < 4.78 is 0. The van der Waals surface area contributed by atoms with E-state index in [0.717, 1.165) is 12.1 Å². The molecule has 1 aliphatic heterocycles. The highest BCUT2D eigenvalue weighted by Gasteiger charge is 2.37. The number of likely N-dealkylation sites (N-methyl/N-ethyl adjacent to an activating group) is 1. The summed E-state index contributed by atoms with van der Waals surface area (Å²) in [5.74, 6) is -1.16. The number of aliphatic carboxylic acids is 1. The van der Waals surface area contributed by atoms with Gasteiger partial charge in [-0.3, -0.25) is 4.79 Å². The summed E-state index contributed by atoms with van der Waals surface area (Å²) in [7, 11) is 1.92. The summed E-state index contributed by atoms with van der Waals surface area (Å²) in [6.45, 7) is 1.30. The van der Waals surface area contributed by atoms with E-state index in [1.54, 1.807) is 12.1 Å². The lowest BCUT2D eigenvalue weighted by Crippen LogP contribution is -2.21. The van der Waals surface area contributed by atoms with Crippen LogP contribution in [0, 0.1) is 5.92 Å². The van der Waals surface area contributed by atoms with Crippen LogP contribution >= 0.6 is 35.6 Å². The predicted octanol–water partition coefficient (Wildman–Crippen LogP) is 3.15. The molecule has 0 amide bonds. The number of rotatable bonds is 2. The third-order valence-corrected chi connectivity index (χ3v) is 3.93. The molecule has 2 rings (SSSR count). The van der Waals surface area contributed by atoms with Crippen LogP contribution in [0.3, 0.4) is 0 Å². The Hall–Kier alpha value is -0.480. The minimum absolute atomic E-state index is 0. The lowest BCUT2D eigenvalue weighted by molar-refractivity contribution is -0.141. The lowest BCUT2D eigenvalue weighted by Gasteiger charge is -2.15. The zero-order chi connectivity index (χ0) is 12.6. The van der Waals surface area contributed by atoms with Crippen LogP contribution in [0.5, 0.6) is 0 Å². The van der Waals surface area contributed by atoms with Crippen molar-refractivity contribution in [3.05, 3.63) is 33.8 Å². The van der Waals surface area contributed by atoms with Crippen LogP contribution in [-0.2, 0) is 4.79 Å². The number of carboxylic acid groups (broad SMARTS) is 1. The molecule has 1 aromatic rings. The predicted molar refractivity (Wildman–Crippen MR) is 75.1 cm³/mol. The molecular weight excluding hydrogens is 296 g/mol. The molecule has 100 valence electrons. The van der Waals surface area contributed by atoms with Crippen LogP contribution < -0.4 is 0 Å². The number of nitrogens with zero attached hydrogens (tertiary/aromatic N) is 1. The summed E-state index contributed by atoms with van der Waals surface area (Å²) in [6, 6.07) is 5.34. The molecule has 0 radical (unpaired) electrons. The van der Waals surface area contributed by atoms with E-state index in [-0.39, 0.29) is 24.2 Å². The molecule has 1 saturated heterocycles. The molecule has 1 N–H and O–H groups in total. The van der Waals surface area contributed by atoms with Gasteiger partial charge in [-0.2, -0.15) is 0 Å². The number of hydrogen-bond donors (Lipinski definition) is 1. The van der Waals surface area contributed by atoms with Crippen molar-refractivity contribution in [2.75, 3.05) is 20.1 Å². The molecule has 0 saturated carbocycles. The van der Waals surface area contributed by atoms with Gasteiger partial charge in [0.25, 0.3) is 0 Å². The van der Waals surface area contributed by atoms with Crippen molar-refractivity contribution in [3.63, 3.8) is 0 Å². The maximum atomic E-state index is 11.2.